The number of hydrogen-bond acceptors (Lipinski definition) is 5. The molecule has 1 aromatic heterocycles. The minimum Gasteiger partial charge on any atom is -0.480 e. The molecule has 1 aromatic rings. The number of nitrogens with zero attached hydrogens (tertiary/aromatic N) is 1. The molecule has 3 N–H and O–H groups in total. The van der Waals surface area contributed by atoms with E-state index in [1.807, 2.05) is 0 Å². The molecule has 8 heteroatoms. The molecule has 108 valence electrons. The van der Waals surface area contributed by atoms with Gasteiger partial charge in [-0.3, -0.25) is 14.6 Å². The van der Waals surface area contributed by atoms with Crippen LogP contribution in [0.5, 0.6) is 0 Å². The van der Waals surface area contributed by atoms with Gasteiger partial charge in [0.15, 0.2) is 0 Å². The van der Waals surface area contributed by atoms with Crippen LogP contribution in [0.15, 0.2) is 23.2 Å². The van der Waals surface area contributed by atoms with Gasteiger partial charge in [-0.15, -0.1) is 11.8 Å². The molecule has 0 aliphatic heterocycles. The molecule has 7 nitrogen and oxygen atoms in total. The van der Waals surface area contributed by atoms with Crippen molar-refractivity contribution >= 4 is 29.5 Å². The van der Waals surface area contributed by atoms with E-state index in [1.165, 1.54) is 31.9 Å². The summed E-state index contributed by atoms with van der Waals surface area (Å²) in [6.45, 7) is 1.26. The number of rotatable bonds is 6. The zero-order valence-electron chi connectivity index (χ0n) is 11.0. The average Bonchev–Trinajstić information content (AvgIpc) is 2.42. The van der Waals surface area contributed by atoms with Gasteiger partial charge in [0.05, 0.1) is 0 Å². The molecule has 0 fully saturated rings. The van der Waals surface area contributed by atoms with Gasteiger partial charge >= 0.3 is 5.97 Å². The van der Waals surface area contributed by atoms with Gasteiger partial charge in [-0.2, -0.15) is 0 Å². The molecule has 0 saturated heterocycles. The molecular weight excluding hydrogens is 282 g/mol. The van der Waals surface area contributed by atoms with Crippen molar-refractivity contribution < 1.29 is 19.5 Å². The number of aliphatic carboxylic acids is 1. The van der Waals surface area contributed by atoms with E-state index in [0.29, 0.717) is 4.90 Å². The normalized spacial score (nSPS) is 11.5. The van der Waals surface area contributed by atoms with E-state index in [4.69, 9.17) is 5.11 Å². The van der Waals surface area contributed by atoms with E-state index in [9.17, 15) is 14.4 Å². The Morgan fingerprint density at radius 3 is 2.70 bits per heavy atom. The number of amides is 2. The summed E-state index contributed by atoms with van der Waals surface area (Å²) in [4.78, 5) is 37.9. The first kappa shape index (κ1) is 16.0. The number of pyridine rings is 1. The van der Waals surface area contributed by atoms with Crippen LogP contribution >= 0.6 is 11.8 Å². The maximum absolute atomic E-state index is 11.4. The van der Waals surface area contributed by atoms with Gasteiger partial charge in [0.25, 0.3) is 5.91 Å². The largest absolute Gasteiger partial charge is 0.480 e. The van der Waals surface area contributed by atoms with E-state index in [1.54, 1.807) is 12.1 Å². The first-order valence-electron chi connectivity index (χ1n) is 5.75. The van der Waals surface area contributed by atoms with Crippen LogP contribution in [0.25, 0.3) is 0 Å². The van der Waals surface area contributed by atoms with Gasteiger partial charge in [0.2, 0.25) is 5.91 Å². The fourth-order valence-corrected chi connectivity index (χ4v) is 2.29. The minimum absolute atomic E-state index is 0.159. The molecular formula is C12H15N3O4S. The third kappa shape index (κ3) is 4.88. The van der Waals surface area contributed by atoms with E-state index >= 15 is 0 Å². The summed E-state index contributed by atoms with van der Waals surface area (Å²) in [6.07, 6.45) is 1.47. The minimum atomic E-state index is -1.10. The lowest BCUT2D eigenvalue weighted by molar-refractivity contribution is -0.140. The number of carboxylic acids is 1. The van der Waals surface area contributed by atoms with Crippen molar-refractivity contribution in [3.05, 3.63) is 24.0 Å². The van der Waals surface area contributed by atoms with E-state index < -0.39 is 17.9 Å². The second-order valence-corrected chi connectivity index (χ2v) is 4.95. The Bertz CT molecular complexity index is 521. The Hall–Kier alpha value is -2.09. The lowest BCUT2D eigenvalue weighted by Gasteiger charge is -2.12. The summed E-state index contributed by atoms with van der Waals surface area (Å²) in [7, 11) is 1.50. The van der Waals surface area contributed by atoms with E-state index in [2.05, 4.69) is 15.6 Å². The van der Waals surface area contributed by atoms with Crippen molar-refractivity contribution in [3.8, 4) is 0 Å². The molecule has 0 saturated carbocycles. The number of thioether (sulfide) groups is 1. The Morgan fingerprint density at radius 2 is 2.15 bits per heavy atom. The van der Waals surface area contributed by atoms with Gasteiger partial charge in [-0.1, -0.05) is 0 Å². The maximum Gasteiger partial charge on any atom is 0.327 e. The Labute approximate surface area is 120 Å². The predicted octanol–water partition coefficient (Wildman–Crippen LogP) is 0.123. The fraction of sp³-hybridized carbons (Fsp3) is 0.333. The summed E-state index contributed by atoms with van der Waals surface area (Å²) < 4.78 is 0. The van der Waals surface area contributed by atoms with Crippen LogP contribution < -0.4 is 10.6 Å². The predicted molar refractivity (Wildman–Crippen MR) is 73.6 cm³/mol. The molecule has 0 radical (unpaired) electrons. The lowest BCUT2D eigenvalue weighted by Crippen LogP contribution is -2.41. The third-order valence-corrected chi connectivity index (χ3v) is 3.37. The summed E-state index contributed by atoms with van der Waals surface area (Å²) >= 11 is 1.23. The molecule has 20 heavy (non-hydrogen) atoms. The number of carboxylic acid groups (broad SMARTS) is 1. The van der Waals surface area contributed by atoms with Crippen molar-refractivity contribution in [2.75, 3.05) is 12.8 Å². The van der Waals surface area contributed by atoms with Crippen LogP contribution in [0, 0.1) is 0 Å². The van der Waals surface area contributed by atoms with E-state index in [0.717, 1.165) is 0 Å². The van der Waals surface area contributed by atoms with Gasteiger partial charge in [-0.05, 0) is 12.1 Å². The first-order valence-corrected chi connectivity index (χ1v) is 6.73. The SMILES string of the molecule is CNC(=O)c1cc(SCC(NC(C)=O)C(=O)O)ccn1. The average molecular weight is 297 g/mol. The zero-order valence-corrected chi connectivity index (χ0v) is 11.9. The standard InChI is InChI=1S/C12H15N3O4S/c1-7(16)15-10(12(18)19)6-20-8-3-4-14-9(5-8)11(17)13-2/h3-5,10H,6H2,1-2H3,(H,13,17)(H,15,16)(H,18,19). The van der Waals surface area contributed by atoms with Gasteiger partial charge in [0.1, 0.15) is 11.7 Å². The smallest absolute Gasteiger partial charge is 0.327 e. The number of carbonyl (C=O) groups is 3. The Kier molecular flexibility index (Phi) is 5.98. The first-order chi connectivity index (χ1) is 9.43. The highest BCUT2D eigenvalue weighted by Crippen LogP contribution is 2.19. The summed E-state index contributed by atoms with van der Waals surface area (Å²) in [5.41, 5.74) is 0.254. The summed E-state index contributed by atoms with van der Waals surface area (Å²) in [5.74, 6) is -1.66. The number of nitrogens with one attached hydrogen (secondary N) is 2. The zero-order chi connectivity index (χ0) is 15.1. The molecule has 1 heterocycles. The van der Waals surface area contributed by atoms with Crippen molar-refractivity contribution in [3.63, 3.8) is 0 Å². The molecule has 1 unspecified atom stereocenters. The fourth-order valence-electron chi connectivity index (χ4n) is 1.35. The highest BCUT2D eigenvalue weighted by molar-refractivity contribution is 7.99. The number of carbonyl (C=O) groups excluding carboxylic acids is 2. The molecule has 0 aromatic carbocycles. The van der Waals surface area contributed by atoms with Gasteiger partial charge in [0, 0.05) is 30.8 Å². The molecule has 2 amide bonds. The van der Waals surface area contributed by atoms with Crippen molar-refractivity contribution in [1.82, 2.24) is 15.6 Å². The lowest BCUT2D eigenvalue weighted by atomic mass is 10.3. The number of hydrogen-bond donors (Lipinski definition) is 3. The number of aromatic nitrogens is 1. The van der Waals surface area contributed by atoms with Crippen LogP contribution in [0.3, 0.4) is 0 Å². The van der Waals surface area contributed by atoms with E-state index in [-0.39, 0.29) is 17.4 Å². The molecule has 0 aliphatic rings. The molecule has 0 aliphatic carbocycles. The Morgan fingerprint density at radius 1 is 1.45 bits per heavy atom. The van der Waals surface area contributed by atoms with Gasteiger partial charge < -0.3 is 15.7 Å². The van der Waals surface area contributed by atoms with Crippen molar-refractivity contribution in [1.29, 1.82) is 0 Å². The second-order valence-electron chi connectivity index (χ2n) is 3.86. The second kappa shape index (κ2) is 7.49. The quantitative estimate of drug-likeness (QED) is 0.644. The van der Waals surface area contributed by atoms with Crippen LogP contribution in [0.4, 0.5) is 0 Å². The van der Waals surface area contributed by atoms with Crippen LogP contribution in [-0.2, 0) is 9.59 Å². The van der Waals surface area contributed by atoms with Crippen LogP contribution in [-0.4, -0.2) is 46.7 Å². The monoisotopic (exact) mass is 297 g/mol. The molecule has 0 bridgehead atoms. The molecule has 1 rings (SSSR count). The maximum atomic E-state index is 11.4. The van der Waals surface area contributed by atoms with Crippen molar-refractivity contribution in [2.24, 2.45) is 0 Å². The highest BCUT2D eigenvalue weighted by atomic mass is 32.2. The van der Waals surface area contributed by atoms with Gasteiger partial charge in [-0.25, -0.2) is 4.79 Å². The third-order valence-electron chi connectivity index (χ3n) is 2.28. The topological polar surface area (TPSA) is 108 Å². The van der Waals surface area contributed by atoms with Crippen LogP contribution in [0.2, 0.25) is 0 Å². The van der Waals surface area contributed by atoms with Crippen molar-refractivity contribution in [2.45, 2.75) is 17.9 Å². The summed E-state index contributed by atoms with van der Waals surface area (Å²) in [5, 5.41) is 13.8. The molecule has 0 spiro atoms. The molecule has 1 atom stereocenters. The highest BCUT2D eigenvalue weighted by Gasteiger charge is 2.18. The van der Waals surface area contributed by atoms with Crippen LogP contribution in [0.1, 0.15) is 17.4 Å². The summed E-state index contributed by atoms with van der Waals surface area (Å²) in [6, 6.07) is 2.26. The Balaban J connectivity index is 2.70.